The number of aromatic nitrogens is 1. The molecule has 31 heavy (non-hydrogen) atoms. The van der Waals surface area contributed by atoms with Crippen molar-refractivity contribution in [2.75, 3.05) is 12.9 Å². The highest BCUT2D eigenvalue weighted by molar-refractivity contribution is 7.85. The van der Waals surface area contributed by atoms with Crippen molar-refractivity contribution >= 4 is 65.2 Å². The van der Waals surface area contributed by atoms with Crippen LogP contribution in [0, 0.1) is 11.3 Å². The Labute approximate surface area is 188 Å². The number of methoxy groups -OCH3 is 1. The maximum Gasteiger partial charge on any atom is 0.265 e. The van der Waals surface area contributed by atoms with Crippen LogP contribution in [0.25, 0.3) is 32.5 Å². The fourth-order valence-electron chi connectivity index (χ4n) is 3.43. The van der Waals surface area contributed by atoms with Crippen molar-refractivity contribution in [3.63, 3.8) is 0 Å². The van der Waals surface area contributed by atoms with Gasteiger partial charge in [0.2, 0.25) is 5.52 Å². The molecule has 6 nitrogen and oxygen atoms in total. The topological polar surface area (TPSA) is 91.3 Å². The van der Waals surface area contributed by atoms with Gasteiger partial charge >= 0.3 is 0 Å². The fraction of sp³-hybridized carbons (Fsp3) is 0.182. The average molecular weight is 472 g/mol. The zero-order valence-corrected chi connectivity index (χ0v) is 19.1. The molecule has 0 aliphatic carbocycles. The first-order chi connectivity index (χ1) is 14.9. The highest BCUT2D eigenvalue weighted by atomic mass is 32.2. The SMILES string of the molecule is COc1cc2sc(/C=C\c3ccc(C#N)cc3)[n+](CCCS(=O)(=O)O)c2c2sccc12. The van der Waals surface area contributed by atoms with E-state index in [1.54, 1.807) is 41.9 Å². The number of nitriles is 1. The van der Waals surface area contributed by atoms with Gasteiger partial charge in [0.1, 0.15) is 15.1 Å². The third-order valence-corrected chi connectivity index (χ3v) is 7.68. The summed E-state index contributed by atoms with van der Waals surface area (Å²) in [7, 11) is -2.37. The lowest BCUT2D eigenvalue weighted by molar-refractivity contribution is -0.667. The van der Waals surface area contributed by atoms with Crippen molar-refractivity contribution < 1.29 is 22.3 Å². The number of rotatable bonds is 7. The third-order valence-electron chi connectivity index (χ3n) is 4.85. The van der Waals surface area contributed by atoms with Crippen molar-refractivity contribution in [3.8, 4) is 11.8 Å². The lowest BCUT2D eigenvalue weighted by atomic mass is 10.1. The van der Waals surface area contributed by atoms with Crippen molar-refractivity contribution in [1.29, 1.82) is 5.26 Å². The van der Waals surface area contributed by atoms with E-state index in [0.717, 1.165) is 36.6 Å². The van der Waals surface area contributed by atoms with E-state index < -0.39 is 10.1 Å². The van der Waals surface area contributed by atoms with E-state index in [0.29, 0.717) is 18.5 Å². The van der Waals surface area contributed by atoms with Gasteiger partial charge in [0.15, 0.2) is 6.54 Å². The molecule has 1 N–H and O–H groups in total. The second-order valence-corrected chi connectivity index (χ2v) is 10.4. The van der Waals surface area contributed by atoms with Crippen molar-refractivity contribution in [2.24, 2.45) is 0 Å². The van der Waals surface area contributed by atoms with Gasteiger partial charge in [-0.3, -0.25) is 4.55 Å². The third kappa shape index (κ3) is 4.62. The molecule has 158 valence electrons. The summed E-state index contributed by atoms with van der Waals surface area (Å²) in [5.41, 5.74) is 2.59. The van der Waals surface area contributed by atoms with Gasteiger partial charge in [0, 0.05) is 23.9 Å². The van der Waals surface area contributed by atoms with Gasteiger partial charge in [0.25, 0.3) is 15.1 Å². The molecule has 0 spiro atoms. The molecule has 4 rings (SSSR count). The molecule has 0 saturated carbocycles. The molecule has 0 unspecified atom stereocenters. The van der Waals surface area contributed by atoms with Crippen molar-refractivity contribution in [1.82, 2.24) is 0 Å². The van der Waals surface area contributed by atoms with Gasteiger partial charge in [-0.15, -0.1) is 11.3 Å². The number of hydrogen-bond donors (Lipinski definition) is 1. The maximum absolute atomic E-state index is 11.2. The van der Waals surface area contributed by atoms with E-state index in [4.69, 9.17) is 14.6 Å². The Hall–Kier alpha value is -2.77. The molecule has 4 aromatic rings. The Morgan fingerprint density at radius 2 is 2.00 bits per heavy atom. The molecule has 0 aliphatic heterocycles. The fourth-order valence-corrected chi connectivity index (χ4v) is 6.09. The van der Waals surface area contributed by atoms with Gasteiger partial charge < -0.3 is 4.74 Å². The molecule has 2 aromatic heterocycles. The molecule has 0 amide bonds. The zero-order chi connectivity index (χ0) is 22.0. The zero-order valence-electron chi connectivity index (χ0n) is 16.6. The second-order valence-electron chi connectivity index (χ2n) is 6.89. The first-order valence-corrected chi connectivity index (χ1v) is 12.7. The Morgan fingerprint density at radius 1 is 1.23 bits per heavy atom. The Balaban J connectivity index is 1.81. The van der Waals surface area contributed by atoms with Crippen LogP contribution in [-0.2, 0) is 16.7 Å². The van der Waals surface area contributed by atoms with Crippen molar-refractivity contribution in [3.05, 3.63) is 57.9 Å². The van der Waals surface area contributed by atoms with Crippen LogP contribution in [0.4, 0.5) is 0 Å². The molecule has 9 heteroatoms. The smallest absolute Gasteiger partial charge is 0.265 e. The number of thiophene rings is 1. The summed E-state index contributed by atoms with van der Waals surface area (Å²) in [5, 5.41) is 13.0. The van der Waals surface area contributed by atoms with Crippen LogP contribution in [0.3, 0.4) is 0 Å². The number of thiazole rings is 1. The molecular formula is C22H19N2O4S3+. The van der Waals surface area contributed by atoms with Gasteiger partial charge in [-0.25, -0.2) is 0 Å². The van der Waals surface area contributed by atoms with Gasteiger partial charge in [-0.2, -0.15) is 18.2 Å². The first-order valence-electron chi connectivity index (χ1n) is 9.43. The predicted octanol–water partition coefficient (Wildman–Crippen LogP) is 4.73. The van der Waals surface area contributed by atoms with Crippen LogP contribution in [-0.4, -0.2) is 25.8 Å². The van der Waals surface area contributed by atoms with Crippen LogP contribution in [0.15, 0.2) is 41.8 Å². The highest BCUT2D eigenvalue weighted by Crippen LogP contribution is 2.38. The number of aryl methyl sites for hydroxylation is 1. The number of hydrogen-bond acceptors (Lipinski definition) is 6. The summed E-state index contributed by atoms with van der Waals surface area (Å²) in [5.74, 6) is 0.512. The summed E-state index contributed by atoms with van der Waals surface area (Å²) in [6.45, 7) is 0.451. The highest BCUT2D eigenvalue weighted by Gasteiger charge is 2.24. The summed E-state index contributed by atoms with van der Waals surface area (Å²) in [6.07, 6.45) is 4.26. The number of nitrogens with zero attached hydrogens (tertiary/aromatic N) is 2. The standard InChI is InChI=1S/C22H18N2O4S3/c1-28-18-13-19-21(22-17(18)9-11-29-22)24(10-2-12-31(25,26)27)20(30-19)8-7-15-3-5-16(14-23)6-4-15/h3-9,11,13H,2,10,12H2,1H3/p+1/b8-7-. The largest absolute Gasteiger partial charge is 0.496 e. The van der Waals surface area contributed by atoms with Crippen molar-refractivity contribution in [2.45, 2.75) is 13.0 Å². The monoisotopic (exact) mass is 471 g/mol. The molecule has 2 heterocycles. The first kappa shape index (κ1) is 21.5. The molecule has 0 aliphatic rings. The van der Waals surface area contributed by atoms with E-state index in [-0.39, 0.29) is 5.75 Å². The molecule has 0 radical (unpaired) electrons. The van der Waals surface area contributed by atoms with Crippen LogP contribution < -0.4 is 9.30 Å². The van der Waals surface area contributed by atoms with Crippen LogP contribution in [0.2, 0.25) is 0 Å². The van der Waals surface area contributed by atoms with E-state index in [1.165, 1.54) is 0 Å². The van der Waals surface area contributed by atoms with Gasteiger partial charge in [0.05, 0.1) is 24.5 Å². The van der Waals surface area contributed by atoms with E-state index in [9.17, 15) is 8.42 Å². The predicted molar refractivity (Wildman–Crippen MR) is 125 cm³/mol. The van der Waals surface area contributed by atoms with Gasteiger partial charge in [-0.05, 0) is 35.2 Å². The quantitative estimate of drug-likeness (QED) is 0.311. The lowest BCUT2D eigenvalue weighted by Gasteiger charge is -2.02. The minimum atomic E-state index is -4.02. The minimum Gasteiger partial charge on any atom is -0.496 e. The molecule has 2 aromatic carbocycles. The van der Waals surface area contributed by atoms with E-state index >= 15 is 0 Å². The summed E-state index contributed by atoms with van der Waals surface area (Å²) in [6, 6.07) is 13.4. The number of ether oxygens (including phenoxy) is 1. The number of benzene rings is 2. The Kier molecular flexibility index (Phi) is 6.07. The molecule has 0 atom stereocenters. The van der Waals surface area contributed by atoms with Crippen LogP contribution in [0.5, 0.6) is 5.75 Å². The van der Waals surface area contributed by atoms with E-state index in [1.807, 2.05) is 41.8 Å². The Bertz CT molecular complexity index is 1430. The Morgan fingerprint density at radius 3 is 2.68 bits per heavy atom. The van der Waals surface area contributed by atoms with Gasteiger partial charge in [-0.1, -0.05) is 23.5 Å². The number of fused-ring (bicyclic) bond motifs is 3. The molecule has 0 fully saturated rings. The van der Waals surface area contributed by atoms with Crippen LogP contribution in [0.1, 0.15) is 22.6 Å². The van der Waals surface area contributed by atoms with E-state index in [2.05, 4.69) is 10.6 Å². The lowest BCUT2D eigenvalue weighted by Crippen LogP contribution is -2.36. The average Bonchev–Trinajstić information content (AvgIpc) is 3.36. The summed E-state index contributed by atoms with van der Waals surface area (Å²) >= 11 is 3.21. The minimum absolute atomic E-state index is 0.292. The molecular weight excluding hydrogens is 452 g/mol. The summed E-state index contributed by atoms with van der Waals surface area (Å²) < 4.78 is 41.4. The normalized spacial score (nSPS) is 12.0. The molecule has 0 saturated heterocycles. The van der Waals surface area contributed by atoms with Crippen LogP contribution >= 0.6 is 22.7 Å². The summed E-state index contributed by atoms with van der Waals surface area (Å²) in [4.78, 5) is 0. The maximum atomic E-state index is 11.2. The second kappa shape index (κ2) is 8.77. The molecule has 0 bridgehead atoms.